The molecule has 0 aliphatic rings. The van der Waals surface area contributed by atoms with Gasteiger partial charge in [0.15, 0.2) is 0 Å². The molecule has 0 fully saturated rings. The minimum absolute atomic E-state index is 0.293. The highest BCUT2D eigenvalue weighted by Crippen LogP contribution is 2.22. The van der Waals surface area contributed by atoms with Gasteiger partial charge >= 0.3 is 0 Å². The fourth-order valence-electron chi connectivity index (χ4n) is 2.33. The molecule has 1 aromatic carbocycles. The van der Waals surface area contributed by atoms with Crippen LogP contribution in [0.25, 0.3) is 11.0 Å². The van der Waals surface area contributed by atoms with Crippen molar-refractivity contribution in [1.82, 2.24) is 9.55 Å². The Morgan fingerprint density at radius 1 is 1.17 bits per heavy atom. The molecule has 0 atom stereocenters. The maximum atomic E-state index is 8.82. The summed E-state index contributed by atoms with van der Waals surface area (Å²) < 4.78 is 2.33. The lowest BCUT2D eigenvalue weighted by molar-refractivity contribution is 0.282. The van der Waals surface area contributed by atoms with Crippen LogP contribution in [0.3, 0.4) is 0 Å². The Balaban J connectivity index is 2.24. The largest absolute Gasteiger partial charge is 0.396 e. The number of aliphatic hydroxyl groups is 1. The van der Waals surface area contributed by atoms with E-state index in [1.807, 2.05) is 6.07 Å². The molecule has 2 rings (SSSR count). The standard InChI is InChI=1S/C15H22N2O/c1-12(2)15-16-13-8-4-5-9-14(13)17(15)10-6-3-7-11-18/h4-5,8-9,12,18H,3,6-7,10-11H2,1-2H3. The van der Waals surface area contributed by atoms with Gasteiger partial charge in [0.1, 0.15) is 5.82 Å². The molecule has 0 radical (unpaired) electrons. The Bertz CT molecular complexity index is 502. The molecule has 0 amide bonds. The molecule has 18 heavy (non-hydrogen) atoms. The predicted molar refractivity (Wildman–Crippen MR) is 74.8 cm³/mol. The maximum absolute atomic E-state index is 8.82. The molecule has 1 aromatic heterocycles. The van der Waals surface area contributed by atoms with Crippen LogP contribution in [0, 0.1) is 0 Å². The number of hydrogen-bond acceptors (Lipinski definition) is 2. The zero-order valence-electron chi connectivity index (χ0n) is 11.3. The summed E-state index contributed by atoms with van der Waals surface area (Å²) in [5.74, 6) is 1.61. The van der Waals surface area contributed by atoms with Crippen molar-refractivity contribution in [2.75, 3.05) is 6.61 Å². The van der Waals surface area contributed by atoms with Crippen molar-refractivity contribution in [2.45, 2.75) is 45.6 Å². The van der Waals surface area contributed by atoms with Gasteiger partial charge < -0.3 is 9.67 Å². The zero-order valence-corrected chi connectivity index (χ0v) is 11.3. The van der Waals surface area contributed by atoms with Crippen LogP contribution in [0.5, 0.6) is 0 Å². The third-order valence-electron chi connectivity index (χ3n) is 3.24. The highest BCUT2D eigenvalue weighted by atomic mass is 16.2. The number of fused-ring (bicyclic) bond motifs is 1. The number of hydrogen-bond donors (Lipinski definition) is 1. The summed E-state index contributed by atoms with van der Waals surface area (Å²) in [4.78, 5) is 4.72. The van der Waals surface area contributed by atoms with Crippen LogP contribution in [0.1, 0.15) is 44.9 Å². The average Bonchev–Trinajstić information content (AvgIpc) is 2.74. The predicted octanol–water partition coefficient (Wildman–Crippen LogP) is 3.32. The van der Waals surface area contributed by atoms with Crippen LogP contribution in [0.4, 0.5) is 0 Å². The SMILES string of the molecule is CC(C)c1nc2ccccc2n1CCCCCO. The van der Waals surface area contributed by atoms with E-state index in [0.29, 0.717) is 12.5 Å². The van der Waals surface area contributed by atoms with Crippen molar-refractivity contribution in [3.63, 3.8) is 0 Å². The van der Waals surface area contributed by atoms with E-state index in [2.05, 4.69) is 36.6 Å². The van der Waals surface area contributed by atoms with Gasteiger partial charge in [-0.2, -0.15) is 0 Å². The van der Waals surface area contributed by atoms with Crippen LogP contribution >= 0.6 is 0 Å². The Labute approximate surface area is 108 Å². The third-order valence-corrected chi connectivity index (χ3v) is 3.24. The molecular weight excluding hydrogens is 224 g/mol. The molecular formula is C15H22N2O. The molecule has 0 saturated carbocycles. The third kappa shape index (κ3) is 2.72. The number of imidazole rings is 1. The Morgan fingerprint density at radius 2 is 1.94 bits per heavy atom. The first-order chi connectivity index (χ1) is 8.74. The van der Waals surface area contributed by atoms with E-state index in [1.165, 1.54) is 11.3 Å². The fourth-order valence-corrected chi connectivity index (χ4v) is 2.33. The molecule has 1 N–H and O–H groups in total. The summed E-state index contributed by atoms with van der Waals surface area (Å²) in [6, 6.07) is 8.32. The molecule has 0 bridgehead atoms. The van der Waals surface area contributed by atoms with E-state index >= 15 is 0 Å². The number of benzene rings is 1. The Morgan fingerprint density at radius 3 is 2.67 bits per heavy atom. The van der Waals surface area contributed by atoms with Crippen molar-refractivity contribution in [1.29, 1.82) is 0 Å². The van der Waals surface area contributed by atoms with Gasteiger partial charge in [-0.15, -0.1) is 0 Å². The molecule has 0 saturated heterocycles. The second-order valence-electron chi connectivity index (χ2n) is 5.05. The average molecular weight is 246 g/mol. The lowest BCUT2D eigenvalue weighted by Gasteiger charge is -2.11. The minimum atomic E-state index is 0.293. The molecule has 3 heteroatoms. The Hall–Kier alpha value is -1.35. The smallest absolute Gasteiger partial charge is 0.112 e. The monoisotopic (exact) mass is 246 g/mol. The number of aryl methyl sites for hydroxylation is 1. The summed E-state index contributed by atoms with van der Waals surface area (Å²) in [6.45, 7) is 5.66. The van der Waals surface area contributed by atoms with Gasteiger partial charge in [-0.25, -0.2) is 4.98 Å². The summed E-state index contributed by atoms with van der Waals surface area (Å²) in [5.41, 5.74) is 2.31. The number of aromatic nitrogens is 2. The summed E-state index contributed by atoms with van der Waals surface area (Å²) in [5, 5.41) is 8.82. The molecule has 98 valence electrons. The quantitative estimate of drug-likeness (QED) is 0.794. The van der Waals surface area contributed by atoms with Gasteiger partial charge in [-0.05, 0) is 31.4 Å². The molecule has 0 aliphatic carbocycles. The van der Waals surface area contributed by atoms with E-state index < -0.39 is 0 Å². The van der Waals surface area contributed by atoms with Crippen molar-refractivity contribution < 1.29 is 5.11 Å². The second-order valence-corrected chi connectivity index (χ2v) is 5.05. The summed E-state index contributed by atoms with van der Waals surface area (Å²) in [7, 11) is 0. The molecule has 0 aliphatic heterocycles. The van der Waals surface area contributed by atoms with Crippen LogP contribution in [-0.4, -0.2) is 21.3 Å². The lowest BCUT2D eigenvalue weighted by Crippen LogP contribution is -2.05. The molecule has 3 nitrogen and oxygen atoms in total. The number of unbranched alkanes of at least 4 members (excludes halogenated alkanes) is 2. The zero-order chi connectivity index (χ0) is 13.0. The van der Waals surface area contributed by atoms with Crippen LogP contribution in [0.15, 0.2) is 24.3 Å². The topological polar surface area (TPSA) is 38.0 Å². The van der Waals surface area contributed by atoms with E-state index in [1.54, 1.807) is 0 Å². The van der Waals surface area contributed by atoms with Gasteiger partial charge in [0.2, 0.25) is 0 Å². The minimum Gasteiger partial charge on any atom is -0.396 e. The normalized spacial score (nSPS) is 11.6. The first-order valence-corrected chi connectivity index (χ1v) is 6.80. The van der Waals surface area contributed by atoms with E-state index in [9.17, 15) is 0 Å². The van der Waals surface area contributed by atoms with Crippen molar-refractivity contribution in [2.24, 2.45) is 0 Å². The highest BCUT2D eigenvalue weighted by molar-refractivity contribution is 5.76. The number of aliphatic hydroxyl groups excluding tert-OH is 1. The van der Waals surface area contributed by atoms with Crippen LogP contribution in [-0.2, 0) is 6.54 Å². The van der Waals surface area contributed by atoms with Crippen molar-refractivity contribution in [3.05, 3.63) is 30.1 Å². The van der Waals surface area contributed by atoms with Gasteiger partial charge in [0, 0.05) is 19.1 Å². The summed E-state index contributed by atoms with van der Waals surface area (Å²) in [6.07, 6.45) is 3.06. The lowest BCUT2D eigenvalue weighted by atomic mass is 10.2. The van der Waals surface area contributed by atoms with Crippen LogP contribution < -0.4 is 0 Å². The summed E-state index contributed by atoms with van der Waals surface area (Å²) >= 11 is 0. The molecule has 1 heterocycles. The van der Waals surface area contributed by atoms with Gasteiger partial charge in [0.05, 0.1) is 11.0 Å². The Kier molecular flexibility index (Phi) is 4.37. The number of nitrogens with zero attached hydrogens (tertiary/aromatic N) is 2. The first kappa shape index (κ1) is 13.1. The van der Waals surface area contributed by atoms with Crippen LogP contribution in [0.2, 0.25) is 0 Å². The molecule has 0 unspecified atom stereocenters. The van der Waals surface area contributed by atoms with Gasteiger partial charge in [-0.1, -0.05) is 26.0 Å². The van der Waals surface area contributed by atoms with E-state index in [-0.39, 0.29) is 0 Å². The van der Waals surface area contributed by atoms with Crippen molar-refractivity contribution in [3.8, 4) is 0 Å². The number of para-hydroxylation sites is 2. The van der Waals surface area contributed by atoms with Crippen molar-refractivity contribution >= 4 is 11.0 Å². The van der Waals surface area contributed by atoms with Gasteiger partial charge in [-0.3, -0.25) is 0 Å². The molecule has 0 spiro atoms. The number of rotatable bonds is 6. The van der Waals surface area contributed by atoms with E-state index in [0.717, 1.165) is 31.3 Å². The highest BCUT2D eigenvalue weighted by Gasteiger charge is 2.12. The fraction of sp³-hybridized carbons (Fsp3) is 0.533. The van der Waals surface area contributed by atoms with Gasteiger partial charge in [0.25, 0.3) is 0 Å². The second kappa shape index (κ2) is 6.01. The van der Waals surface area contributed by atoms with E-state index in [4.69, 9.17) is 10.1 Å². The maximum Gasteiger partial charge on any atom is 0.112 e. The first-order valence-electron chi connectivity index (χ1n) is 6.80. The molecule has 2 aromatic rings.